The number of hydrogen-bond acceptors (Lipinski definition) is 9. The Bertz CT molecular complexity index is 863. The van der Waals surface area contributed by atoms with Gasteiger partial charge in [0.05, 0.1) is 26.1 Å². The number of methoxy groups -OCH3 is 1. The van der Waals surface area contributed by atoms with Crippen LogP contribution in [0, 0.1) is 11.3 Å². The largest absolute Gasteiger partial charge is 0.468 e. The SMILES string of the molecule is COC(=O)[C@H](C)NCOC[C@]1(C#N)CC[C@H](c2ccc3c(N)ncnn23)O1. The molecule has 3 atom stereocenters. The minimum Gasteiger partial charge on any atom is -0.468 e. The molecule has 0 saturated carbocycles. The van der Waals surface area contributed by atoms with Gasteiger partial charge in [-0.25, -0.2) is 9.50 Å². The van der Waals surface area contributed by atoms with Gasteiger partial charge < -0.3 is 19.9 Å². The number of nitriles is 1. The van der Waals surface area contributed by atoms with Crippen molar-refractivity contribution in [1.82, 2.24) is 19.9 Å². The van der Waals surface area contributed by atoms with Crippen LogP contribution in [0.4, 0.5) is 5.82 Å². The molecule has 10 nitrogen and oxygen atoms in total. The third kappa shape index (κ3) is 3.85. The van der Waals surface area contributed by atoms with Crippen molar-refractivity contribution in [2.45, 2.75) is 37.5 Å². The van der Waals surface area contributed by atoms with Crippen LogP contribution in [0.2, 0.25) is 0 Å². The number of carbonyl (C=O) groups excluding carboxylic acids is 1. The lowest BCUT2D eigenvalue weighted by Crippen LogP contribution is -2.39. The molecule has 2 aromatic heterocycles. The second-order valence-electron chi connectivity index (χ2n) is 6.39. The minimum atomic E-state index is -1.05. The van der Waals surface area contributed by atoms with E-state index in [0.29, 0.717) is 24.2 Å². The van der Waals surface area contributed by atoms with Crippen LogP contribution in [0.15, 0.2) is 18.5 Å². The van der Waals surface area contributed by atoms with Crippen molar-refractivity contribution >= 4 is 17.3 Å². The van der Waals surface area contributed by atoms with Gasteiger partial charge in [-0.1, -0.05) is 0 Å². The van der Waals surface area contributed by atoms with E-state index < -0.39 is 11.6 Å². The van der Waals surface area contributed by atoms with Gasteiger partial charge in [-0.2, -0.15) is 10.4 Å². The minimum absolute atomic E-state index is 0.0846. The Balaban J connectivity index is 1.61. The monoisotopic (exact) mass is 374 g/mol. The quantitative estimate of drug-likeness (QED) is 0.404. The van der Waals surface area contributed by atoms with Gasteiger partial charge in [-0.05, 0) is 31.9 Å². The van der Waals surface area contributed by atoms with E-state index in [9.17, 15) is 10.1 Å². The highest BCUT2D eigenvalue weighted by molar-refractivity contribution is 5.75. The van der Waals surface area contributed by atoms with Crippen molar-refractivity contribution in [1.29, 1.82) is 5.26 Å². The summed E-state index contributed by atoms with van der Waals surface area (Å²) < 4.78 is 17.9. The normalized spacial score (nSPS) is 23.2. The standard InChI is InChI=1S/C17H22N6O4/c1-11(16(24)25-2)21-10-26-8-17(7-18)6-5-14(27-17)12-3-4-13-15(19)20-9-22-23(12)13/h3-4,9,11,14,21H,5-6,8,10H2,1-2H3,(H2,19,20,22)/t11-,14+,17+/m0/s1. The molecular weight excluding hydrogens is 352 g/mol. The van der Waals surface area contributed by atoms with Crippen LogP contribution in [0.25, 0.3) is 5.52 Å². The summed E-state index contributed by atoms with van der Waals surface area (Å²) in [7, 11) is 1.32. The van der Waals surface area contributed by atoms with E-state index in [4.69, 9.17) is 15.2 Å². The van der Waals surface area contributed by atoms with Crippen LogP contribution in [0.3, 0.4) is 0 Å². The molecule has 0 aliphatic carbocycles. The van der Waals surface area contributed by atoms with Crippen LogP contribution in [0.5, 0.6) is 0 Å². The van der Waals surface area contributed by atoms with Crippen molar-refractivity contribution < 1.29 is 19.0 Å². The van der Waals surface area contributed by atoms with Gasteiger partial charge in [0.25, 0.3) is 0 Å². The molecule has 0 unspecified atom stereocenters. The number of rotatable bonds is 7. The molecule has 10 heteroatoms. The predicted octanol–water partition coefficient (Wildman–Crippen LogP) is 0.551. The van der Waals surface area contributed by atoms with Gasteiger partial charge in [0.2, 0.25) is 0 Å². The molecule has 0 radical (unpaired) electrons. The number of fused-ring (bicyclic) bond motifs is 1. The van der Waals surface area contributed by atoms with Gasteiger partial charge in [0.15, 0.2) is 11.4 Å². The van der Waals surface area contributed by atoms with Crippen molar-refractivity contribution in [2.24, 2.45) is 0 Å². The second-order valence-corrected chi connectivity index (χ2v) is 6.39. The zero-order valence-corrected chi connectivity index (χ0v) is 15.2. The van der Waals surface area contributed by atoms with Gasteiger partial charge in [0.1, 0.15) is 30.1 Å². The summed E-state index contributed by atoms with van der Waals surface area (Å²) in [6, 6.07) is 5.42. The first-order chi connectivity index (χ1) is 13.0. The van der Waals surface area contributed by atoms with E-state index in [1.165, 1.54) is 13.4 Å². The summed E-state index contributed by atoms with van der Waals surface area (Å²) in [5, 5.41) is 16.7. The van der Waals surface area contributed by atoms with Gasteiger partial charge >= 0.3 is 5.97 Å². The van der Waals surface area contributed by atoms with Crippen LogP contribution >= 0.6 is 0 Å². The van der Waals surface area contributed by atoms with Crippen molar-refractivity contribution in [3.05, 3.63) is 24.2 Å². The molecule has 1 aliphatic rings. The Hall–Kier alpha value is -2.74. The van der Waals surface area contributed by atoms with Crippen molar-refractivity contribution in [2.75, 3.05) is 26.2 Å². The maximum absolute atomic E-state index is 11.3. The van der Waals surface area contributed by atoms with E-state index in [1.807, 2.05) is 12.1 Å². The molecule has 0 aromatic carbocycles. The summed E-state index contributed by atoms with van der Waals surface area (Å²) in [6.45, 7) is 1.86. The number of nitrogen functional groups attached to an aromatic ring is 1. The summed E-state index contributed by atoms with van der Waals surface area (Å²) in [6.07, 6.45) is 2.26. The van der Waals surface area contributed by atoms with Crippen molar-refractivity contribution in [3.63, 3.8) is 0 Å². The average Bonchev–Trinajstić information content (AvgIpc) is 3.30. The maximum Gasteiger partial charge on any atom is 0.322 e. The number of aromatic nitrogens is 3. The fourth-order valence-corrected chi connectivity index (χ4v) is 3.06. The van der Waals surface area contributed by atoms with E-state index in [1.54, 1.807) is 11.4 Å². The van der Waals surface area contributed by atoms with E-state index >= 15 is 0 Å². The lowest BCUT2D eigenvalue weighted by Gasteiger charge is -2.22. The molecule has 1 aliphatic heterocycles. The molecular formula is C17H22N6O4. The third-order valence-electron chi connectivity index (χ3n) is 4.60. The molecule has 0 bridgehead atoms. The first-order valence-corrected chi connectivity index (χ1v) is 8.56. The molecule has 2 aromatic rings. The fraction of sp³-hybridized carbons (Fsp3) is 0.529. The van der Waals surface area contributed by atoms with Gasteiger partial charge in [-0.3, -0.25) is 10.1 Å². The van der Waals surface area contributed by atoms with Crippen LogP contribution in [0.1, 0.15) is 31.6 Å². The Labute approximate surface area is 156 Å². The number of carbonyl (C=O) groups is 1. The summed E-state index contributed by atoms with van der Waals surface area (Å²) in [4.78, 5) is 15.3. The summed E-state index contributed by atoms with van der Waals surface area (Å²) >= 11 is 0. The molecule has 1 saturated heterocycles. The third-order valence-corrected chi connectivity index (χ3v) is 4.60. The number of esters is 1. The van der Waals surface area contributed by atoms with Crippen LogP contribution < -0.4 is 11.1 Å². The molecule has 0 spiro atoms. The van der Waals surface area contributed by atoms with Gasteiger partial charge in [-0.15, -0.1) is 0 Å². The number of nitrogens with zero attached hydrogens (tertiary/aromatic N) is 4. The maximum atomic E-state index is 11.3. The Morgan fingerprint density at radius 1 is 1.63 bits per heavy atom. The fourth-order valence-electron chi connectivity index (χ4n) is 3.06. The van der Waals surface area contributed by atoms with Gasteiger partial charge in [0, 0.05) is 0 Å². The smallest absolute Gasteiger partial charge is 0.322 e. The Morgan fingerprint density at radius 3 is 3.19 bits per heavy atom. The highest BCUT2D eigenvalue weighted by Gasteiger charge is 2.42. The lowest BCUT2D eigenvalue weighted by atomic mass is 10.0. The zero-order valence-electron chi connectivity index (χ0n) is 15.2. The zero-order chi connectivity index (χ0) is 19.4. The number of ether oxygens (including phenoxy) is 3. The number of nitrogens with one attached hydrogen (secondary N) is 1. The highest BCUT2D eigenvalue weighted by Crippen LogP contribution is 2.40. The molecule has 3 heterocycles. The van der Waals surface area contributed by atoms with E-state index in [2.05, 4.69) is 26.2 Å². The number of hydrogen-bond donors (Lipinski definition) is 2. The number of anilines is 1. The summed E-state index contributed by atoms with van der Waals surface area (Å²) in [5.41, 5.74) is 6.32. The van der Waals surface area contributed by atoms with Crippen LogP contribution in [-0.2, 0) is 19.0 Å². The molecule has 144 valence electrons. The number of nitrogens with two attached hydrogens (primary N) is 1. The Kier molecular flexibility index (Phi) is 5.55. The molecule has 3 rings (SSSR count). The summed E-state index contributed by atoms with van der Waals surface area (Å²) in [5.74, 6) is 0.00192. The molecule has 3 N–H and O–H groups in total. The van der Waals surface area contributed by atoms with E-state index in [-0.39, 0.29) is 25.4 Å². The predicted molar refractivity (Wildman–Crippen MR) is 94.2 cm³/mol. The molecule has 1 fully saturated rings. The van der Waals surface area contributed by atoms with Crippen molar-refractivity contribution in [3.8, 4) is 6.07 Å². The van der Waals surface area contributed by atoms with Crippen LogP contribution in [-0.4, -0.2) is 52.7 Å². The molecule has 0 amide bonds. The topological polar surface area (TPSA) is 137 Å². The highest BCUT2D eigenvalue weighted by atomic mass is 16.6. The lowest BCUT2D eigenvalue weighted by molar-refractivity contribution is -0.143. The molecule has 27 heavy (non-hydrogen) atoms. The average molecular weight is 374 g/mol. The Morgan fingerprint density at radius 2 is 2.44 bits per heavy atom. The first-order valence-electron chi connectivity index (χ1n) is 8.56. The van der Waals surface area contributed by atoms with E-state index in [0.717, 1.165) is 5.69 Å². The first kappa shape index (κ1) is 19.0. The second kappa shape index (κ2) is 7.87.